The Kier molecular flexibility index (Phi) is 4.12. The molecule has 0 radical (unpaired) electrons. The SMILES string of the molecule is Cc1cc(F)cc(NCC(O)c2cccc(F)c2)c1. The second kappa shape index (κ2) is 5.80. The van der Waals surface area contributed by atoms with Crippen molar-refractivity contribution in [3.05, 3.63) is 65.2 Å². The van der Waals surface area contributed by atoms with E-state index in [9.17, 15) is 13.9 Å². The molecule has 0 aromatic heterocycles. The van der Waals surface area contributed by atoms with Crippen molar-refractivity contribution >= 4 is 5.69 Å². The van der Waals surface area contributed by atoms with Gasteiger partial charge >= 0.3 is 0 Å². The molecular formula is C15H15F2NO. The molecule has 4 heteroatoms. The van der Waals surface area contributed by atoms with Gasteiger partial charge in [0.1, 0.15) is 11.6 Å². The molecule has 2 nitrogen and oxygen atoms in total. The Labute approximate surface area is 110 Å². The lowest BCUT2D eigenvalue weighted by molar-refractivity contribution is 0.191. The van der Waals surface area contributed by atoms with Gasteiger partial charge in [0.25, 0.3) is 0 Å². The third-order valence-electron chi connectivity index (χ3n) is 2.78. The average Bonchev–Trinajstić information content (AvgIpc) is 2.35. The van der Waals surface area contributed by atoms with Gasteiger partial charge < -0.3 is 10.4 Å². The summed E-state index contributed by atoms with van der Waals surface area (Å²) in [5.41, 5.74) is 1.87. The van der Waals surface area contributed by atoms with Crippen LogP contribution in [-0.4, -0.2) is 11.7 Å². The van der Waals surface area contributed by atoms with Gasteiger partial charge in [0.15, 0.2) is 0 Å². The van der Waals surface area contributed by atoms with E-state index in [0.29, 0.717) is 11.3 Å². The molecule has 0 saturated carbocycles. The lowest BCUT2D eigenvalue weighted by Gasteiger charge is -2.13. The van der Waals surface area contributed by atoms with E-state index in [2.05, 4.69) is 5.32 Å². The normalized spacial score (nSPS) is 12.2. The topological polar surface area (TPSA) is 32.3 Å². The van der Waals surface area contributed by atoms with Gasteiger partial charge in [-0.15, -0.1) is 0 Å². The molecule has 100 valence electrons. The van der Waals surface area contributed by atoms with E-state index in [-0.39, 0.29) is 12.4 Å². The molecule has 0 saturated heterocycles. The lowest BCUT2D eigenvalue weighted by atomic mass is 10.1. The van der Waals surface area contributed by atoms with Crippen molar-refractivity contribution in [2.45, 2.75) is 13.0 Å². The van der Waals surface area contributed by atoms with Crippen LogP contribution in [0.1, 0.15) is 17.2 Å². The Bertz CT molecular complexity index is 552. The zero-order chi connectivity index (χ0) is 13.8. The first-order valence-electron chi connectivity index (χ1n) is 5.99. The van der Waals surface area contributed by atoms with Crippen LogP contribution in [0.15, 0.2) is 42.5 Å². The quantitative estimate of drug-likeness (QED) is 0.886. The van der Waals surface area contributed by atoms with E-state index in [1.807, 2.05) is 0 Å². The number of nitrogens with one attached hydrogen (secondary N) is 1. The number of rotatable bonds is 4. The Balaban J connectivity index is 2.02. The van der Waals surface area contributed by atoms with Crippen molar-refractivity contribution in [1.82, 2.24) is 0 Å². The first kappa shape index (κ1) is 13.5. The number of hydrogen-bond acceptors (Lipinski definition) is 2. The minimum Gasteiger partial charge on any atom is -0.387 e. The van der Waals surface area contributed by atoms with Crippen LogP contribution in [0.25, 0.3) is 0 Å². The van der Waals surface area contributed by atoms with Gasteiger partial charge in [-0.3, -0.25) is 0 Å². The molecule has 0 aliphatic heterocycles. The molecule has 2 aromatic rings. The fourth-order valence-corrected chi connectivity index (χ4v) is 1.88. The molecule has 2 N–H and O–H groups in total. The number of hydrogen-bond donors (Lipinski definition) is 2. The van der Waals surface area contributed by atoms with Crippen molar-refractivity contribution in [1.29, 1.82) is 0 Å². The van der Waals surface area contributed by atoms with Crippen molar-refractivity contribution in [3.8, 4) is 0 Å². The van der Waals surface area contributed by atoms with E-state index < -0.39 is 11.9 Å². The number of aryl methyl sites for hydroxylation is 1. The Hall–Kier alpha value is -1.94. The highest BCUT2D eigenvalue weighted by Gasteiger charge is 2.08. The summed E-state index contributed by atoms with van der Waals surface area (Å²) in [6, 6.07) is 10.3. The van der Waals surface area contributed by atoms with Crippen LogP contribution >= 0.6 is 0 Å². The lowest BCUT2D eigenvalue weighted by Crippen LogP contribution is -2.12. The molecule has 0 aliphatic rings. The Morgan fingerprint density at radius 2 is 1.89 bits per heavy atom. The van der Waals surface area contributed by atoms with Gasteiger partial charge in [-0.25, -0.2) is 8.78 Å². The number of anilines is 1. The zero-order valence-corrected chi connectivity index (χ0v) is 10.5. The van der Waals surface area contributed by atoms with Crippen LogP contribution in [-0.2, 0) is 0 Å². The van der Waals surface area contributed by atoms with Crippen LogP contribution in [0.3, 0.4) is 0 Å². The van der Waals surface area contributed by atoms with Gasteiger partial charge in [-0.2, -0.15) is 0 Å². The number of benzene rings is 2. The highest BCUT2D eigenvalue weighted by molar-refractivity contribution is 5.46. The van der Waals surface area contributed by atoms with E-state index in [4.69, 9.17) is 0 Å². The minimum atomic E-state index is -0.848. The van der Waals surface area contributed by atoms with Crippen molar-refractivity contribution in [2.24, 2.45) is 0 Å². The first-order valence-corrected chi connectivity index (χ1v) is 5.99. The maximum Gasteiger partial charge on any atom is 0.125 e. The predicted octanol–water partition coefficient (Wildman–Crippen LogP) is 3.42. The maximum absolute atomic E-state index is 13.2. The van der Waals surface area contributed by atoms with E-state index in [1.165, 1.54) is 24.3 Å². The minimum absolute atomic E-state index is 0.187. The summed E-state index contributed by atoms with van der Waals surface area (Å²) >= 11 is 0. The number of aliphatic hydroxyl groups excluding tert-OH is 1. The Morgan fingerprint density at radius 3 is 2.58 bits per heavy atom. The van der Waals surface area contributed by atoms with Crippen LogP contribution < -0.4 is 5.32 Å². The van der Waals surface area contributed by atoms with Crippen molar-refractivity contribution in [3.63, 3.8) is 0 Å². The highest BCUT2D eigenvalue weighted by Crippen LogP contribution is 2.17. The summed E-state index contributed by atoms with van der Waals surface area (Å²) in [6.45, 7) is 1.98. The molecule has 2 rings (SSSR count). The highest BCUT2D eigenvalue weighted by atomic mass is 19.1. The molecule has 1 atom stereocenters. The summed E-state index contributed by atoms with van der Waals surface area (Å²) in [5.74, 6) is -0.721. The number of halogens is 2. The second-order valence-corrected chi connectivity index (χ2v) is 4.47. The monoisotopic (exact) mass is 263 g/mol. The van der Waals surface area contributed by atoms with Gasteiger partial charge in [0.2, 0.25) is 0 Å². The van der Waals surface area contributed by atoms with Crippen LogP contribution in [0.5, 0.6) is 0 Å². The first-order chi connectivity index (χ1) is 9.04. The third kappa shape index (κ3) is 3.76. The Morgan fingerprint density at radius 1 is 1.11 bits per heavy atom. The summed E-state index contributed by atoms with van der Waals surface area (Å²) in [6.07, 6.45) is -0.848. The molecule has 0 aliphatic carbocycles. The van der Waals surface area contributed by atoms with E-state index >= 15 is 0 Å². The van der Waals surface area contributed by atoms with Gasteiger partial charge in [0, 0.05) is 12.2 Å². The van der Waals surface area contributed by atoms with Crippen molar-refractivity contribution < 1.29 is 13.9 Å². The molecule has 0 fully saturated rings. The van der Waals surface area contributed by atoms with Crippen LogP contribution in [0.2, 0.25) is 0 Å². The second-order valence-electron chi connectivity index (χ2n) is 4.47. The number of aliphatic hydroxyl groups is 1. The third-order valence-corrected chi connectivity index (χ3v) is 2.78. The molecule has 0 amide bonds. The van der Waals surface area contributed by atoms with Crippen LogP contribution in [0.4, 0.5) is 14.5 Å². The van der Waals surface area contributed by atoms with Gasteiger partial charge in [0.05, 0.1) is 6.10 Å². The fourth-order valence-electron chi connectivity index (χ4n) is 1.88. The molecule has 0 bridgehead atoms. The summed E-state index contributed by atoms with van der Waals surface area (Å²) in [5, 5.41) is 12.9. The van der Waals surface area contributed by atoms with Gasteiger partial charge in [-0.05, 0) is 48.4 Å². The maximum atomic E-state index is 13.2. The average molecular weight is 263 g/mol. The summed E-state index contributed by atoms with van der Waals surface area (Å²) in [7, 11) is 0. The van der Waals surface area contributed by atoms with Gasteiger partial charge in [-0.1, -0.05) is 12.1 Å². The molecule has 2 aromatic carbocycles. The molecule has 1 unspecified atom stereocenters. The molecule has 0 heterocycles. The smallest absolute Gasteiger partial charge is 0.125 e. The predicted molar refractivity (Wildman–Crippen MR) is 71.0 cm³/mol. The summed E-state index contributed by atoms with van der Waals surface area (Å²) < 4.78 is 26.2. The molecule has 0 spiro atoms. The largest absolute Gasteiger partial charge is 0.387 e. The van der Waals surface area contributed by atoms with Crippen molar-refractivity contribution in [2.75, 3.05) is 11.9 Å². The molecule has 19 heavy (non-hydrogen) atoms. The van der Waals surface area contributed by atoms with Crippen LogP contribution in [0, 0.1) is 18.6 Å². The molecular weight excluding hydrogens is 248 g/mol. The van der Waals surface area contributed by atoms with E-state index in [0.717, 1.165) is 5.56 Å². The van der Waals surface area contributed by atoms with E-state index in [1.54, 1.807) is 25.1 Å². The standard InChI is InChI=1S/C15H15F2NO/c1-10-5-13(17)8-14(6-10)18-9-15(19)11-3-2-4-12(16)7-11/h2-8,15,18-19H,9H2,1H3. The zero-order valence-electron chi connectivity index (χ0n) is 10.5. The summed E-state index contributed by atoms with van der Waals surface area (Å²) in [4.78, 5) is 0. The fraction of sp³-hybridized carbons (Fsp3) is 0.200.